The summed E-state index contributed by atoms with van der Waals surface area (Å²) in [7, 11) is 0. The van der Waals surface area contributed by atoms with Crippen LogP contribution in [0.1, 0.15) is 11.1 Å². The lowest BCUT2D eigenvalue weighted by Gasteiger charge is -2.05. The Kier molecular flexibility index (Phi) is 4.36. The van der Waals surface area contributed by atoms with Gasteiger partial charge in [-0.2, -0.15) is 5.26 Å². The quantitative estimate of drug-likeness (QED) is 0.594. The first-order valence-electron chi connectivity index (χ1n) is 6.15. The summed E-state index contributed by atoms with van der Waals surface area (Å²) in [5, 5.41) is 8.77. The Morgan fingerprint density at radius 1 is 1.00 bits per heavy atom. The molecule has 0 atom stereocenters. The van der Waals surface area contributed by atoms with Gasteiger partial charge in [-0.1, -0.05) is 43.0 Å². The number of benzene rings is 2. The zero-order chi connectivity index (χ0) is 13.5. The van der Waals surface area contributed by atoms with Gasteiger partial charge in [-0.3, -0.25) is 0 Å². The van der Waals surface area contributed by atoms with Gasteiger partial charge in [0.15, 0.2) is 0 Å². The average Bonchev–Trinajstić information content (AvgIpc) is 2.48. The van der Waals surface area contributed by atoms with Gasteiger partial charge in [0.25, 0.3) is 0 Å². The number of nitriles is 1. The second kappa shape index (κ2) is 6.42. The minimum Gasteiger partial charge on any atom is -0.501 e. The molecule has 0 aliphatic rings. The molecular formula is C17H15NO. The van der Waals surface area contributed by atoms with E-state index in [0.717, 1.165) is 17.5 Å². The first-order valence-corrected chi connectivity index (χ1v) is 6.15. The Hall–Kier alpha value is -2.53. The SMILES string of the molecule is C=COCCc1ccc(-c2ccc(C#N)cc2)cc1. The van der Waals surface area contributed by atoms with Crippen molar-refractivity contribution in [2.24, 2.45) is 0 Å². The molecule has 0 aliphatic heterocycles. The van der Waals surface area contributed by atoms with Crippen molar-refractivity contribution in [2.45, 2.75) is 6.42 Å². The van der Waals surface area contributed by atoms with Crippen LogP contribution in [0.2, 0.25) is 0 Å². The second-order valence-electron chi connectivity index (χ2n) is 4.17. The number of nitrogens with zero attached hydrogens (tertiary/aromatic N) is 1. The van der Waals surface area contributed by atoms with Gasteiger partial charge in [-0.15, -0.1) is 0 Å². The highest BCUT2D eigenvalue weighted by molar-refractivity contribution is 5.64. The summed E-state index contributed by atoms with van der Waals surface area (Å²) in [4.78, 5) is 0. The van der Waals surface area contributed by atoms with E-state index < -0.39 is 0 Å². The molecule has 0 N–H and O–H groups in total. The lowest BCUT2D eigenvalue weighted by molar-refractivity contribution is 0.255. The van der Waals surface area contributed by atoms with Crippen LogP contribution in [-0.4, -0.2) is 6.61 Å². The van der Waals surface area contributed by atoms with Crippen LogP contribution in [0.3, 0.4) is 0 Å². The van der Waals surface area contributed by atoms with Crippen LogP contribution >= 0.6 is 0 Å². The van der Waals surface area contributed by atoms with Gasteiger partial charge in [0, 0.05) is 6.42 Å². The topological polar surface area (TPSA) is 33.0 Å². The van der Waals surface area contributed by atoms with E-state index in [1.807, 2.05) is 24.3 Å². The molecule has 2 aromatic carbocycles. The number of hydrogen-bond acceptors (Lipinski definition) is 2. The fraction of sp³-hybridized carbons (Fsp3) is 0.118. The Morgan fingerprint density at radius 3 is 2.11 bits per heavy atom. The standard InChI is InChI=1S/C17H15NO/c1-2-19-12-11-14-3-7-16(8-4-14)17-9-5-15(13-18)6-10-17/h2-10H,1,11-12H2. The van der Waals surface area contributed by atoms with E-state index in [1.54, 1.807) is 0 Å². The van der Waals surface area contributed by atoms with Crippen molar-refractivity contribution < 1.29 is 4.74 Å². The molecule has 0 radical (unpaired) electrons. The maximum Gasteiger partial charge on any atom is 0.0991 e. The fourth-order valence-corrected chi connectivity index (χ4v) is 1.86. The minimum atomic E-state index is 0.652. The Balaban J connectivity index is 2.08. The fourth-order valence-electron chi connectivity index (χ4n) is 1.86. The smallest absolute Gasteiger partial charge is 0.0991 e. The van der Waals surface area contributed by atoms with E-state index >= 15 is 0 Å². The zero-order valence-electron chi connectivity index (χ0n) is 10.7. The molecule has 94 valence electrons. The summed E-state index contributed by atoms with van der Waals surface area (Å²) in [5.74, 6) is 0. The third-order valence-corrected chi connectivity index (χ3v) is 2.93. The third-order valence-electron chi connectivity index (χ3n) is 2.93. The van der Waals surface area contributed by atoms with Crippen molar-refractivity contribution in [1.82, 2.24) is 0 Å². The van der Waals surface area contributed by atoms with E-state index in [0.29, 0.717) is 12.2 Å². The first kappa shape index (κ1) is 12.9. The predicted octanol–water partition coefficient (Wildman–Crippen LogP) is 3.93. The highest BCUT2D eigenvalue weighted by atomic mass is 16.5. The molecule has 0 heterocycles. The van der Waals surface area contributed by atoms with E-state index in [9.17, 15) is 0 Å². The zero-order valence-corrected chi connectivity index (χ0v) is 10.7. The monoisotopic (exact) mass is 249 g/mol. The van der Waals surface area contributed by atoms with Crippen LogP contribution in [0.25, 0.3) is 11.1 Å². The molecule has 2 nitrogen and oxygen atoms in total. The second-order valence-corrected chi connectivity index (χ2v) is 4.17. The van der Waals surface area contributed by atoms with Crippen molar-refractivity contribution >= 4 is 0 Å². The molecule has 0 unspecified atom stereocenters. The minimum absolute atomic E-state index is 0.652. The molecule has 0 amide bonds. The van der Waals surface area contributed by atoms with Gasteiger partial charge >= 0.3 is 0 Å². The molecule has 0 saturated carbocycles. The summed E-state index contributed by atoms with van der Waals surface area (Å²) in [6.07, 6.45) is 2.34. The highest BCUT2D eigenvalue weighted by Gasteiger charge is 1.99. The molecule has 0 spiro atoms. The first-order chi connectivity index (χ1) is 9.33. The van der Waals surface area contributed by atoms with Crippen molar-refractivity contribution in [3.63, 3.8) is 0 Å². The van der Waals surface area contributed by atoms with E-state index in [2.05, 4.69) is 36.9 Å². The van der Waals surface area contributed by atoms with Crippen molar-refractivity contribution in [3.8, 4) is 17.2 Å². The molecule has 0 aromatic heterocycles. The summed E-state index contributed by atoms with van der Waals surface area (Å²) >= 11 is 0. The highest BCUT2D eigenvalue weighted by Crippen LogP contribution is 2.20. The molecule has 0 aliphatic carbocycles. The molecule has 2 rings (SSSR count). The Morgan fingerprint density at radius 2 is 1.58 bits per heavy atom. The maximum atomic E-state index is 8.77. The normalized spacial score (nSPS) is 9.63. The maximum absolute atomic E-state index is 8.77. The molecule has 2 aromatic rings. The Bertz CT molecular complexity index is 576. The van der Waals surface area contributed by atoms with Crippen LogP contribution in [-0.2, 0) is 11.2 Å². The lowest BCUT2D eigenvalue weighted by Crippen LogP contribution is -1.93. The van der Waals surface area contributed by atoms with Gasteiger partial charge in [0.1, 0.15) is 0 Å². The van der Waals surface area contributed by atoms with Gasteiger partial charge in [-0.25, -0.2) is 0 Å². The largest absolute Gasteiger partial charge is 0.501 e. The summed E-state index contributed by atoms with van der Waals surface area (Å²) < 4.78 is 5.11. The molecule has 0 fully saturated rings. The molecule has 19 heavy (non-hydrogen) atoms. The van der Waals surface area contributed by atoms with Gasteiger partial charge in [-0.05, 0) is 28.8 Å². The van der Waals surface area contributed by atoms with Crippen LogP contribution in [0, 0.1) is 11.3 Å². The van der Waals surface area contributed by atoms with E-state index in [-0.39, 0.29) is 0 Å². The van der Waals surface area contributed by atoms with Crippen molar-refractivity contribution in [3.05, 3.63) is 72.5 Å². The number of hydrogen-bond donors (Lipinski definition) is 0. The van der Waals surface area contributed by atoms with Gasteiger partial charge in [0.2, 0.25) is 0 Å². The van der Waals surface area contributed by atoms with Gasteiger partial charge < -0.3 is 4.74 Å². The molecule has 0 saturated heterocycles. The molecule has 0 bridgehead atoms. The third kappa shape index (κ3) is 3.46. The van der Waals surface area contributed by atoms with Gasteiger partial charge in [0.05, 0.1) is 24.5 Å². The van der Waals surface area contributed by atoms with Crippen molar-refractivity contribution in [1.29, 1.82) is 5.26 Å². The molecular weight excluding hydrogens is 234 g/mol. The summed E-state index contributed by atoms with van der Waals surface area (Å²) in [6, 6.07) is 18.1. The van der Waals surface area contributed by atoms with Crippen LogP contribution < -0.4 is 0 Å². The lowest BCUT2D eigenvalue weighted by atomic mass is 10.0. The summed E-state index contributed by atoms with van der Waals surface area (Å²) in [6.45, 7) is 4.17. The predicted molar refractivity (Wildman–Crippen MR) is 76.4 cm³/mol. The van der Waals surface area contributed by atoms with E-state index in [1.165, 1.54) is 11.8 Å². The molecule has 2 heteroatoms. The Labute approximate surface area is 113 Å². The van der Waals surface area contributed by atoms with Crippen LogP contribution in [0.4, 0.5) is 0 Å². The van der Waals surface area contributed by atoms with E-state index in [4.69, 9.17) is 10.00 Å². The van der Waals surface area contributed by atoms with Crippen LogP contribution in [0.15, 0.2) is 61.4 Å². The van der Waals surface area contributed by atoms with Crippen LogP contribution in [0.5, 0.6) is 0 Å². The number of ether oxygens (including phenoxy) is 1. The van der Waals surface area contributed by atoms with Crippen molar-refractivity contribution in [2.75, 3.05) is 6.61 Å². The summed E-state index contributed by atoms with van der Waals surface area (Å²) in [5.41, 5.74) is 4.19. The average molecular weight is 249 g/mol. The number of rotatable bonds is 5.